The summed E-state index contributed by atoms with van der Waals surface area (Å²) < 4.78 is 49.3. The van der Waals surface area contributed by atoms with Crippen molar-refractivity contribution in [2.24, 2.45) is 0 Å². The van der Waals surface area contributed by atoms with Crippen molar-refractivity contribution in [1.29, 1.82) is 0 Å². The Bertz CT molecular complexity index is 316. The van der Waals surface area contributed by atoms with Crippen LogP contribution >= 0.6 is 0 Å². The number of alkyl halides is 2. The summed E-state index contributed by atoms with van der Waals surface area (Å²) in [5.41, 5.74) is -1.73. The van der Waals surface area contributed by atoms with Crippen molar-refractivity contribution in [1.82, 2.24) is 4.98 Å². The van der Waals surface area contributed by atoms with Crippen LogP contribution in [0.15, 0.2) is 6.20 Å². The van der Waals surface area contributed by atoms with E-state index in [1.807, 2.05) is 0 Å². The van der Waals surface area contributed by atoms with E-state index in [-0.39, 0.29) is 0 Å². The summed E-state index contributed by atoms with van der Waals surface area (Å²) in [6.07, 6.45) is -2.74. The van der Waals surface area contributed by atoms with Gasteiger partial charge < -0.3 is 5.11 Å². The quantitative estimate of drug-likeness (QED) is 0.729. The maximum absolute atomic E-state index is 12.7. The Labute approximate surface area is 70.8 Å². The third kappa shape index (κ3) is 1.77. The van der Waals surface area contributed by atoms with Crippen LogP contribution < -0.4 is 0 Å². The highest BCUT2D eigenvalue weighted by molar-refractivity contribution is 5.23. The van der Waals surface area contributed by atoms with E-state index >= 15 is 0 Å². The van der Waals surface area contributed by atoms with Gasteiger partial charge in [0.05, 0.1) is 24.1 Å². The van der Waals surface area contributed by atoms with Crippen LogP contribution in [0.3, 0.4) is 0 Å². The van der Waals surface area contributed by atoms with E-state index < -0.39 is 35.9 Å². The molecule has 0 aliphatic heterocycles. The monoisotopic (exact) mass is 195 g/mol. The topological polar surface area (TPSA) is 33.1 Å². The van der Waals surface area contributed by atoms with Crippen LogP contribution in [0.5, 0.6) is 0 Å². The highest BCUT2D eigenvalue weighted by Crippen LogP contribution is 2.25. The number of nitrogens with zero attached hydrogens (tertiary/aromatic N) is 1. The zero-order valence-electron chi connectivity index (χ0n) is 6.27. The second-order valence-corrected chi connectivity index (χ2v) is 2.24. The lowest BCUT2D eigenvalue weighted by Crippen LogP contribution is -2.04. The number of hydrogen-bond acceptors (Lipinski definition) is 2. The first kappa shape index (κ1) is 9.91. The number of pyridine rings is 1. The predicted molar refractivity (Wildman–Crippen MR) is 35.0 cm³/mol. The molecule has 0 saturated carbocycles. The van der Waals surface area contributed by atoms with Gasteiger partial charge in [0.15, 0.2) is 11.6 Å². The van der Waals surface area contributed by atoms with Gasteiger partial charge in [0, 0.05) is 0 Å². The predicted octanol–water partition coefficient (Wildman–Crippen LogP) is 1.79. The lowest BCUT2D eigenvalue weighted by atomic mass is 10.2. The number of aromatic nitrogens is 1. The summed E-state index contributed by atoms with van der Waals surface area (Å²) in [5.74, 6) is -3.11. The summed E-state index contributed by atoms with van der Waals surface area (Å²) in [6, 6.07) is 0. The minimum Gasteiger partial charge on any atom is -0.390 e. The number of rotatable bonds is 2. The van der Waals surface area contributed by atoms with Crippen molar-refractivity contribution >= 4 is 0 Å². The van der Waals surface area contributed by atoms with Gasteiger partial charge >= 0.3 is 0 Å². The smallest absolute Gasteiger partial charge is 0.268 e. The highest BCUT2D eigenvalue weighted by Gasteiger charge is 2.22. The molecule has 1 N–H and O–H groups in total. The first-order valence-electron chi connectivity index (χ1n) is 3.29. The Morgan fingerprint density at radius 2 is 2.00 bits per heavy atom. The van der Waals surface area contributed by atoms with Crippen molar-refractivity contribution in [3.63, 3.8) is 0 Å². The van der Waals surface area contributed by atoms with Crippen molar-refractivity contribution in [3.05, 3.63) is 29.1 Å². The van der Waals surface area contributed by atoms with Crippen LogP contribution in [0.1, 0.15) is 17.7 Å². The Morgan fingerprint density at radius 1 is 1.38 bits per heavy atom. The normalized spacial score (nSPS) is 10.9. The van der Waals surface area contributed by atoms with Gasteiger partial charge in [0.25, 0.3) is 6.43 Å². The van der Waals surface area contributed by atoms with Gasteiger partial charge in [-0.05, 0) is 0 Å². The van der Waals surface area contributed by atoms with E-state index in [2.05, 4.69) is 4.98 Å². The third-order valence-corrected chi connectivity index (χ3v) is 1.46. The molecule has 1 aromatic rings. The number of aliphatic hydroxyl groups excluding tert-OH is 1. The standard InChI is InChI=1S/C7H5F4NO/c8-3-1-12-4(2-13)5(6(3)9)7(10)11/h1,7,13H,2H2. The number of halogens is 4. The maximum Gasteiger partial charge on any atom is 0.268 e. The van der Waals surface area contributed by atoms with Crippen molar-refractivity contribution in [2.45, 2.75) is 13.0 Å². The van der Waals surface area contributed by atoms with Crippen LogP contribution in [-0.4, -0.2) is 10.1 Å². The largest absolute Gasteiger partial charge is 0.390 e. The minimum atomic E-state index is -3.19. The van der Waals surface area contributed by atoms with E-state index in [1.165, 1.54) is 0 Å². The summed E-state index contributed by atoms with van der Waals surface area (Å²) >= 11 is 0. The fourth-order valence-electron chi connectivity index (χ4n) is 0.864. The first-order valence-corrected chi connectivity index (χ1v) is 3.29. The molecule has 1 heterocycles. The molecular weight excluding hydrogens is 190 g/mol. The van der Waals surface area contributed by atoms with Crippen molar-refractivity contribution < 1.29 is 22.7 Å². The molecule has 6 heteroatoms. The average Bonchev–Trinajstić information content (AvgIpc) is 2.08. The van der Waals surface area contributed by atoms with Gasteiger partial charge in [0.2, 0.25) is 0 Å². The van der Waals surface area contributed by atoms with Gasteiger partial charge in [-0.25, -0.2) is 17.6 Å². The molecule has 0 aliphatic carbocycles. The zero-order valence-corrected chi connectivity index (χ0v) is 6.27. The second-order valence-electron chi connectivity index (χ2n) is 2.24. The molecule has 0 aromatic carbocycles. The lowest BCUT2D eigenvalue weighted by molar-refractivity contribution is 0.139. The fourth-order valence-corrected chi connectivity index (χ4v) is 0.864. The van der Waals surface area contributed by atoms with E-state index in [4.69, 9.17) is 5.11 Å². The van der Waals surface area contributed by atoms with E-state index in [0.29, 0.717) is 6.20 Å². The molecule has 0 fully saturated rings. The van der Waals surface area contributed by atoms with Gasteiger partial charge in [-0.2, -0.15) is 0 Å². The summed E-state index contributed by atoms with van der Waals surface area (Å²) in [7, 11) is 0. The van der Waals surface area contributed by atoms with Crippen molar-refractivity contribution in [3.8, 4) is 0 Å². The minimum absolute atomic E-state index is 0.451. The Hall–Kier alpha value is -1.17. The average molecular weight is 195 g/mol. The van der Waals surface area contributed by atoms with Gasteiger partial charge in [-0.1, -0.05) is 0 Å². The molecule has 0 unspecified atom stereocenters. The molecule has 2 nitrogen and oxygen atoms in total. The maximum atomic E-state index is 12.7. The van der Waals surface area contributed by atoms with Crippen LogP contribution in [0.2, 0.25) is 0 Å². The molecule has 0 bridgehead atoms. The van der Waals surface area contributed by atoms with E-state index in [1.54, 1.807) is 0 Å². The van der Waals surface area contributed by atoms with Crippen LogP contribution in [-0.2, 0) is 6.61 Å². The zero-order chi connectivity index (χ0) is 10.0. The Balaban J connectivity index is 3.32. The highest BCUT2D eigenvalue weighted by atomic mass is 19.3. The molecule has 0 atom stereocenters. The van der Waals surface area contributed by atoms with E-state index in [9.17, 15) is 17.6 Å². The summed E-state index contributed by atoms with van der Waals surface area (Å²) in [5, 5.41) is 8.50. The molecule has 0 radical (unpaired) electrons. The molecule has 0 spiro atoms. The van der Waals surface area contributed by atoms with Crippen molar-refractivity contribution in [2.75, 3.05) is 0 Å². The summed E-state index contributed by atoms with van der Waals surface area (Å²) in [4.78, 5) is 3.13. The number of aliphatic hydroxyl groups is 1. The molecular formula is C7H5F4NO. The second kappa shape index (κ2) is 3.69. The Morgan fingerprint density at radius 3 is 2.46 bits per heavy atom. The van der Waals surface area contributed by atoms with Gasteiger partial charge in [0.1, 0.15) is 0 Å². The SMILES string of the molecule is OCc1ncc(F)c(F)c1C(F)F. The molecule has 0 amide bonds. The van der Waals surface area contributed by atoms with Crippen LogP contribution in [0.25, 0.3) is 0 Å². The van der Waals surface area contributed by atoms with Crippen LogP contribution in [0.4, 0.5) is 17.6 Å². The fraction of sp³-hybridized carbons (Fsp3) is 0.286. The van der Waals surface area contributed by atoms with E-state index in [0.717, 1.165) is 0 Å². The van der Waals surface area contributed by atoms with Gasteiger partial charge in [-0.15, -0.1) is 0 Å². The first-order chi connectivity index (χ1) is 6.07. The molecule has 1 aromatic heterocycles. The molecule has 1 rings (SSSR count). The lowest BCUT2D eigenvalue weighted by Gasteiger charge is -2.06. The molecule has 0 aliphatic rings. The van der Waals surface area contributed by atoms with Crippen LogP contribution in [0, 0.1) is 11.6 Å². The third-order valence-electron chi connectivity index (χ3n) is 1.46. The molecule has 0 saturated heterocycles. The number of hydrogen-bond donors (Lipinski definition) is 1. The molecule has 13 heavy (non-hydrogen) atoms. The van der Waals surface area contributed by atoms with Gasteiger partial charge in [-0.3, -0.25) is 4.98 Å². The molecule has 72 valence electrons. The summed E-state index contributed by atoms with van der Waals surface area (Å²) in [6.45, 7) is -0.850. The Kier molecular flexibility index (Phi) is 2.82.